The van der Waals surface area contributed by atoms with E-state index in [-0.39, 0.29) is 5.41 Å². The van der Waals surface area contributed by atoms with Gasteiger partial charge >= 0.3 is 0 Å². The monoisotopic (exact) mass is 914 g/mol. The van der Waals surface area contributed by atoms with E-state index in [4.69, 9.17) is 19.9 Å². The van der Waals surface area contributed by atoms with Crippen LogP contribution in [0.3, 0.4) is 0 Å². The molecule has 0 bridgehead atoms. The molecule has 0 amide bonds. The molecule has 70 heavy (non-hydrogen) atoms. The van der Waals surface area contributed by atoms with Crippen LogP contribution in [-0.4, -0.2) is 24.5 Å². The van der Waals surface area contributed by atoms with E-state index < -0.39 is 0 Å². The zero-order valence-electron chi connectivity index (χ0n) is 38.4. The van der Waals surface area contributed by atoms with Gasteiger partial charge in [0.2, 0.25) is 5.95 Å². The van der Waals surface area contributed by atoms with Gasteiger partial charge in [-0.25, -0.2) is 4.98 Å². The molecule has 0 spiro atoms. The summed E-state index contributed by atoms with van der Waals surface area (Å²) in [6.45, 7) is 4.70. The summed E-state index contributed by atoms with van der Waals surface area (Å²) in [4.78, 5) is 25.3. The number of aromatic nitrogens is 5. The standard InChI is InChI=1S/C63H42N6S/c1-63(2)51-25-12-11-24-47(51)48-38-56-50(37-52(48)63)49-35-42(28-30-53(49)69(56)62-66-60(40-17-5-3-6-18-40)65-61(67-62)41-19-7-4-8-20-41)43-29-31-55-58(36-43)70-57-27-14-13-26-54(57)68(55)45-22-15-21-44(34-45)59-46-23-10-9-16-39(46)32-33-64-59/h3-38H,1-2H3. The summed E-state index contributed by atoms with van der Waals surface area (Å²) in [7, 11) is 0. The largest absolute Gasteiger partial charge is 0.308 e. The number of pyridine rings is 1. The van der Waals surface area contributed by atoms with Crippen molar-refractivity contribution in [2.75, 3.05) is 4.90 Å². The third-order valence-corrected chi connectivity index (χ3v) is 15.4. The average Bonchev–Trinajstić information content (AvgIpc) is 3.86. The van der Waals surface area contributed by atoms with Gasteiger partial charge in [-0.1, -0.05) is 171 Å². The van der Waals surface area contributed by atoms with Gasteiger partial charge in [-0.15, -0.1) is 0 Å². The number of anilines is 3. The smallest absolute Gasteiger partial charge is 0.238 e. The maximum absolute atomic E-state index is 5.28. The van der Waals surface area contributed by atoms with Crippen LogP contribution >= 0.6 is 11.8 Å². The Morgan fingerprint density at radius 2 is 1.10 bits per heavy atom. The quantitative estimate of drug-likeness (QED) is 0.166. The van der Waals surface area contributed by atoms with Crippen LogP contribution < -0.4 is 4.90 Å². The van der Waals surface area contributed by atoms with Crippen molar-refractivity contribution in [3.05, 3.63) is 230 Å². The topological polar surface area (TPSA) is 59.7 Å². The van der Waals surface area contributed by atoms with Crippen molar-refractivity contribution in [2.45, 2.75) is 29.1 Å². The lowest BCUT2D eigenvalue weighted by Crippen LogP contribution is -2.14. The van der Waals surface area contributed by atoms with E-state index in [0.717, 1.165) is 77.8 Å². The first-order valence-electron chi connectivity index (χ1n) is 23.7. The van der Waals surface area contributed by atoms with Crippen LogP contribution in [0.1, 0.15) is 25.0 Å². The van der Waals surface area contributed by atoms with E-state index in [1.165, 1.54) is 37.4 Å². The summed E-state index contributed by atoms with van der Waals surface area (Å²) in [5, 5.41) is 4.62. The minimum Gasteiger partial charge on any atom is -0.308 e. The molecule has 0 saturated heterocycles. The highest BCUT2D eigenvalue weighted by Crippen LogP contribution is 2.54. The Hall–Kier alpha value is -8.65. The van der Waals surface area contributed by atoms with Gasteiger partial charge in [0.15, 0.2) is 11.6 Å². The molecule has 7 heteroatoms. The van der Waals surface area contributed by atoms with Crippen molar-refractivity contribution < 1.29 is 0 Å². The molecule has 0 radical (unpaired) electrons. The van der Waals surface area contributed by atoms with Crippen LogP contribution in [0, 0.1) is 0 Å². The SMILES string of the molecule is CC1(C)c2ccccc2-c2cc3c(cc21)c1cc(-c2ccc4c(c2)Sc2ccccc2N4c2cccc(-c4nccc5ccccc45)c2)ccc1n3-c1nc(-c2ccccc2)nc(-c2ccccc2)n1. The number of hydrogen-bond acceptors (Lipinski definition) is 6. The molecule has 1 aliphatic carbocycles. The number of rotatable bonds is 6. The molecule has 1 aliphatic heterocycles. The van der Waals surface area contributed by atoms with Gasteiger partial charge < -0.3 is 4.90 Å². The molecule has 4 heterocycles. The van der Waals surface area contributed by atoms with Gasteiger partial charge in [0, 0.05) is 59.9 Å². The van der Waals surface area contributed by atoms with Crippen molar-refractivity contribution >= 4 is 61.4 Å². The molecule has 14 rings (SSSR count). The van der Waals surface area contributed by atoms with Crippen molar-refractivity contribution in [3.8, 4) is 62.2 Å². The van der Waals surface area contributed by atoms with Crippen LogP contribution in [0.4, 0.5) is 17.1 Å². The van der Waals surface area contributed by atoms with Gasteiger partial charge in [-0.3, -0.25) is 9.55 Å². The minimum absolute atomic E-state index is 0.178. The van der Waals surface area contributed by atoms with Gasteiger partial charge in [-0.05, 0) is 105 Å². The predicted molar refractivity (Wildman–Crippen MR) is 288 cm³/mol. The fourth-order valence-electron chi connectivity index (χ4n) is 10.9. The van der Waals surface area contributed by atoms with E-state index in [9.17, 15) is 0 Å². The molecule has 12 aromatic rings. The molecule has 6 nitrogen and oxygen atoms in total. The van der Waals surface area contributed by atoms with Gasteiger partial charge in [-0.2, -0.15) is 9.97 Å². The highest BCUT2D eigenvalue weighted by Gasteiger charge is 2.36. The molecular weight excluding hydrogens is 873 g/mol. The highest BCUT2D eigenvalue weighted by atomic mass is 32.2. The summed E-state index contributed by atoms with van der Waals surface area (Å²) in [5.74, 6) is 1.83. The fourth-order valence-corrected chi connectivity index (χ4v) is 12.0. The number of hydrogen-bond donors (Lipinski definition) is 0. The lowest BCUT2D eigenvalue weighted by Gasteiger charge is -2.33. The maximum atomic E-state index is 5.28. The Balaban J connectivity index is 0.946. The molecule has 0 saturated carbocycles. The molecular formula is C63H42N6S. The van der Waals surface area contributed by atoms with Gasteiger partial charge in [0.1, 0.15) is 0 Å². The second kappa shape index (κ2) is 15.7. The fraction of sp³-hybridized carbons (Fsp3) is 0.0476. The first-order valence-corrected chi connectivity index (χ1v) is 24.5. The zero-order valence-corrected chi connectivity index (χ0v) is 39.2. The molecule has 0 N–H and O–H groups in total. The summed E-state index contributed by atoms with van der Waals surface area (Å²) < 4.78 is 2.25. The van der Waals surface area contributed by atoms with Crippen molar-refractivity contribution in [2.24, 2.45) is 0 Å². The molecule has 2 aliphatic rings. The van der Waals surface area contributed by atoms with Crippen LogP contribution in [0.25, 0.3) is 94.8 Å². The van der Waals surface area contributed by atoms with E-state index in [1.54, 1.807) is 0 Å². The number of nitrogens with zero attached hydrogens (tertiary/aromatic N) is 6. The second-order valence-electron chi connectivity index (χ2n) is 18.7. The highest BCUT2D eigenvalue weighted by molar-refractivity contribution is 7.99. The normalized spacial score (nSPS) is 13.3. The first kappa shape index (κ1) is 40.4. The van der Waals surface area contributed by atoms with Crippen LogP contribution in [0.15, 0.2) is 228 Å². The van der Waals surface area contributed by atoms with Crippen LogP contribution in [-0.2, 0) is 5.41 Å². The Bertz CT molecular complexity index is 4020. The zero-order chi connectivity index (χ0) is 46.5. The molecule has 330 valence electrons. The van der Waals surface area contributed by atoms with E-state index in [1.807, 2.05) is 54.4 Å². The summed E-state index contributed by atoms with van der Waals surface area (Å²) in [6.07, 6.45) is 1.91. The summed E-state index contributed by atoms with van der Waals surface area (Å²) in [5.41, 5.74) is 16.7. The minimum atomic E-state index is -0.178. The number of benzene rings is 9. The molecule has 0 fully saturated rings. The predicted octanol–water partition coefficient (Wildman–Crippen LogP) is 16.4. The molecule has 0 unspecified atom stereocenters. The lowest BCUT2D eigenvalue weighted by atomic mass is 9.82. The number of fused-ring (bicyclic) bond motifs is 9. The Labute approximate surface area is 409 Å². The lowest BCUT2D eigenvalue weighted by molar-refractivity contribution is 0.661. The van der Waals surface area contributed by atoms with Crippen LogP contribution in [0.5, 0.6) is 0 Å². The maximum Gasteiger partial charge on any atom is 0.238 e. The molecule has 9 aromatic carbocycles. The van der Waals surface area contributed by atoms with E-state index in [2.05, 4.69) is 199 Å². The first-order chi connectivity index (χ1) is 34.4. The average molecular weight is 915 g/mol. The number of para-hydroxylation sites is 1. The van der Waals surface area contributed by atoms with Crippen molar-refractivity contribution in [3.63, 3.8) is 0 Å². The second-order valence-corrected chi connectivity index (χ2v) is 19.8. The van der Waals surface area contributed by atoms with Gasteiger partial charge in [0.25, 0.3) is 0 Å². The molecule has 0 atom stereocenters. The Morgan fingerprint density at radius 3 is 1.93 bits per heavy atom. The summed E-state index contributed by atoms with van der Waals surface area (Å²) in [6, 6.07) is 75.9. The summed E-state index contributed by atoms with van der Waals surface area (Å²) >= 11 is 1.83. The third kappa shape index (κ3) is 6.35. The van der Waals surface area contributed by atoms with Gasteiger partial charge in [0.05, 0.1) is 28.1 Å². The molecule has 3 aromatic heterocycles. The van der Waals surface area contributed by atoms with E-state index in [0.29, 0.717) is 17.6 Å². The third-order valence-electron chi connectivity index (χ3n) is 14.3. The van der Waals surface area contributed by atoms with E-state index >= 15 is 0 Å². The van der Waals surface area contributed by atoms with Crippen molar-refractivity contribution in [1.82, 2.24) is 24.5 Å². The van der Waals surface area contributed by atoms with Crippen LogP contribution in [0.2, 0.25) is 0 Å². The van der Waals surface area contributed by atoms with Crippen molar-refractivity contribution in [1.29, 1.82) is 0 Å². The Kier molecular flexibility index (Phi) is 9.07. The Morgan fingerprint density at radius 1 is 0.429 bits per heavy atom.